The average Bonchev–Trinajstić information content (AvgIpc) is 2.71. The van der Waals surface area contributed by atoms with Crippen LogP contribution in [0.25, 0.3) is 0 Å². The van der Waals surface area contributed by atoms with E-state index in [1.165, 1.54) is 19.3 Å². The summed E-state index contributed by atoms with van der Waals surface area (Å²) < 4.78 is 1.94. The highest BCUT2D eigenvalue weighted by molar-refractivity contribution is 5.95. The number of nitrogens with zero attached hydrogens (tertiary/aromatic N) is 3. The highest BCUT2D eigenvalue weighted by Crippen LogP contribution is 2.16. The van der Waals surface area contributed by atoms with Crippen molar-refractivity contribution in [2.75, 3.05) is 13.1 Å². The minimum Gasteiger partial charge on any atom is -0.339 e. The van der Waals surface area contributed by atoms with Gasteiger partial charge >= 0.3 is 0 Å². The zero-order valence-electron chi connectivity index (χ0n) is 12.2. The van der Waals surface area contributed by atoms with Crippen LogP contribution < -0.4 is 0 Å². The molecule has 1 amide bonds. The molecule has 0 unspecified atom stereocenters. The van der Waals surface area contributed by atoms with Gasteiger partial charge in [0.25, 0.3) is 5.91 Å². The van der Waals surface area contributed by atoms with Crippen molar-refractivity contribution >= 4 is 5.91 Å². The van der Waals surface area contributed by atoms with E-state index in [0.717, 1.165) is 50.2 Å². The normalized spacial score (nSPS) is 17.1. The van der Waals surface area contributed by atoms with Gasteiger partial charge in [0.15, 0.2) is 0 Å². The van der Waals surface area contributed by atoms with Gasteiger partial charge in [0.1, 0.15) is 0 Å². The summed E-state index contributed by atoms with van der Waals surface area (Å²) in [7, 11) is 0. The fourth-order valence-corrected chi connectivity index (χ4v) is 2.71. The smallest absolute Gasteiger partial charge is 0.257 e. The number of aromatic nitrogens is 2. The average molecular weight is 263 g/mol. The molecule has 1 aliphatic heterocycles. The standard InChI is InChI=1S/C15H25N3O/c1-3-9-18-13(2)14(12-16-18)15(19)17-10-7-5-4-6-8-11-17/h12H,3-11H2,1-2H3. The van der Waals surface area contributed by atoms with E-state index in [4.69, 9.17) is 0 Å². The third-order valence-electron chi connectivity index (χ3n) is 3.91. The van der Waals surface area contributed by atoms with E-state index in [-0.39, 0.29) is 5.91 Å². The number of likely N-dealkylation sites (tertiary alicyclic amines) is 1. The van der Waals surface area contributed by atoms with Crippen LogP contribution >= 0.6 is 0 Å². The van der Waals surface area contributed by atoms with Crippen LogP contribution in [0, 0.1) is 6.92 Å². The summed E-state index contributed by atoms with van der Waals surface area (Å²) in [4.78, 5) is 14.6. The van der Waals surface area contributed by atoms with Gasteiger partial charge in [0.05, 0.1) is 11.8 Å². The highest BCUT2D eigenvalue weighted by Gasteiger charge is 2.20. The maximum Gasteiger partial charge on any atom is 0.257 e. The molecule has 0 bridgehead atoms. The van der Waals surface area contributed by atoms with Gasteiger partial charge in [-0.05, 0) is 26.2 Å². The van der Waals surface area contributed by atoms with E-state index < -0.39 is 0 Å². The van der Waals surface area contributed by atoms with Gasteiger partial charge in [-0.2, -0.15) is 5.10 Å². The third kappa shape index (κ3) is 3.37. The minimum atomic E-state index is 0.168. The van der Waals surface area contributed by atoms with Crippen LogP contribution in [0.1, 0.15) is 61.5 Å². The Labute approximate surface area is 115 Å². The predicted molar refractivity (Wildman–Crippen MR) is 76.2 cm³/mol. The fourth-order valence-electron chi connectivity index (χ4n) is 2.71. The number of hydrogen-bond donors (Lipinski definition) is 0. The van der Waals surface area contributed by atoms with Gasteiger partial charge in [0.2, 0.25) is 0 Å². The second kappa shape index (κ2) is 6.73. The maximum atomic E-state index is 12.6. The van der Waals surface area contributed by atoms with Gasteiger partial charge in [-0.1, -0.05) is 26.2 Å². The first-order valence-electron chi connectivity index (χ1n) is 7.55. The van der Waals surface area contributed by atoms with Crippen molar-refractivity contribution in [3.8, 4) is 0 Å². The van der Waals surface area contributed by atoms with Crippen LogP contribution in [0.5, 0.6) is 0 Å². The van der Waals surface area contributed by atoms with E-state index in [1.54, 1.807) is 6.20 Å². The molecule has 1 aromatic heterocycles. The van der Waals surface area contributed by atoms with E-state index in [9.17, 15) is 4.79 Å². The van der Waals surface area contributed by atoms with Crippen molar-refractivity contribution in [2.45, 2.75) is 58.9 Å². The first kappa shape index (κ1) is 14.1. The largest absolute Gasteiger partial charge is 0.339 e. The van der Waals surface area contributed by atoms with Crippen LogP contribution in [0.15, 0.2) is 6.20 Å². The molecular weight excluding hydrogens is 238 g/mol. The SMILES string of the molecule is CCCn1ncc(C(=O)N2CCCCCCC2)c1C. The maximum absolute atomic E-state index is 12.6. The number of hydrogen-bond acceptors (Lipinski definition) is 2. The fraction of sp³-hybridized carbons (Fsp3) is 0.733. The molecular formula is C15H25N3O. The summed E-state index contributed by atoms with van der Waals surface area (Å²) in [5.74, 6) is 0.168. The van der Waals surface area contributed by atoms with Crippen LogP contribution in [-0.4, -0.2) is 33.7 Å². The molecule has 0 atom stereocenters. The monoisotopic (exact) mass is 263 g/mol. The summed E-state index contributed by atoms with van der Waals surface area (Å²) in [5.41, 5.74) is 1.79. The Morgan fingerprint density at radius 3 is 2.47 bits per heavy atom. The van der Waals surface area contributed by atoms with E-state index in [0.29, 0.717) is 0 Å². The third-order valence-corrected chi connectivity index (χ3v) is 3.91. The summed E-state index contributed by atoms with van der Waals surface area (Å²) in [6.07, 6.45) is 8.86. The molecule has 1 aromatic rings. The molecule has 2 rings (SSSR count). The number of carbonyl (C=O) groups is 1. The van der Waals surface area contributed by atoms with Crippen LogP contribution in [0.3, 0.4) is 0 Å². The van der Waals surface area contributed by atoms with Crippen LogP contribution in [0.2, 0.25) is 0 Å². The molecule has 19 heavy (non-hydrogen) atoms. The molecule has 1 aliphatic rings. The number of amides is 1. The second-order valence-corrected chi connectivity index (χ2v) is 5.43. The Morgan fingerprint density at radius 1 is 1.21 bits per heavy atom. The lowest BCUT2D eigenvalue weighted by Gasteiger charge is -2.24. The van der Waals surface area contributed by atoms with E-state index in [1.807, 2.05) is 16.5 Å². The first-order chi connectivity index (χ1) is 9.24. The Balaban J connectivity index is 2.09. The molecule has 4 nitrogen and oxygen atoms in total. The molecule has 4 heteroatoms. The number of rotatable bonds is 3. The molecule has 0 aliphatic carbocycles. The highest BCUT2D eigenvalue weighted by atomic mass is 16.2. The van der Waals surface area contributed by atoms with Gasteiger partial charge in [-0.3, -0.25) is 9.48 Å². The zero-order chi connectivity index (χ0) is 13.7. The van der Waals surface area contributed by atoms with Gasteiger partial charge in [0, 0.05) is 25.3 Å². The van der Waals surface area contributed by atoms with Crippen molar-refractivity contribution in [1.29, 1.82) is 0 Å². The Bertz CT molecular complexity index is 417. The topological polar surface area (TPSA) is 38.1 Å². The first-order valence-corrected chi connectivity index (χ1v) is 7.55. The summed E-state index contributed by atoms with van der Waals surface area (Å²) in [6, 6.07) is 0. The van der Waals surface area contributed by atoms with E-state index >= 15 is 0 Å². The molecule has 2 heterocycles. The van der Waals surface area contributed by atoms with Crippen LogP contribution in [0.4, 0.5) is 0 Å². The lowest BCUT2D eigenvalue weighted by atomic mass is 10.1. The lowest BCUT2D eigenvalue weighted by molar-refractivity contribution is 0.0741. The van der Waals surface area contributed by atoms with Crippen molar-refractivity contribution in [3.05, 3.63) is 17.5 Å². The molecule has 0 saturated carbocycles. The molecule has 0 aromatic carbocycles. The lowest BCUT2D eigenvalue weighted by Crippen LogP contribution is -2.34. The van der Waals surface area contributed by atoms with Gasteiger partial charge in [-0.15, -0.1) is 0 Å². The minimum absolute atomic E-state index is 0.168. The summed E-state index contributed by atoms with van der Waals surface area (Å²) in [6.45, 7) is 6.81. The van der Waals surface area contributed by atoms with Gasteiger partial charge in [-0.25, -0.2) is 0 Å². The van der Waals surface area contributed by atoms with Crippen LogP contribution in [-0.2, 0) is 6.54 Å². The Hall–Kier alpha value is -1.32. The molecule has 0 N–H and O–H groups in total. The molecule has 1 saturated heterocycles. The van der Waals surface area contributed by atoms with Crippen molar-refractivity contribution in [3.63, 3.8) is 0 Å². The number of aryl methyl sites for hydroxylation is 1. The summed E-state index contributed by atoms with van der Waals surface area (Å²) in [5, 5.41) is 4.33. The molecule has 1 fully saturated rings. The second-order valence-electron chi connectivity index (χ2n) is 5.43. The van der Waals surface area contributed by atoms with Crippen molar-refractivity contribution < 1.29 is 4.79 Å². The quantitative estimate of drug-likeness (QED) is 0.840. The summed E-state index contributed by atoms with van der Waals surface area (Å²) >= 11 is 0. The molecule has 0 radical (unpaired) electrons. The van der Waals surface area contributed by atoms with Crippen molar-refractivity contribution in [2.24, 2.45) is 0 Å². The zero-order valence-corrected chi connectivity index (χ0v) is 12.2. The van der Waals surface area contributed by atoms with Crippen molar-refractivity contribution in [1.82, 2.24) is 14.7 Å². The Kier molecular flexibility index (Phi) is 5.00. The predicted octanol–water partition coefficient (Wildman–Crippen LogP) is 3.01. The van der Waals surface area contributed by atoms with E-state index in [2.05, 4.69) is 12.0 Å². The molecule has 0 spiro atoms. The molecule has 106 valence electrons. The number of carbonyl (C=O) groups excluding carboxylic acids is 1. The van der Waals surface area contributed by atoms with Gasteiger partial charge < -0.3 is 4.90 Å². The Morgan fingerprint density at radius 2 is 1.84 bits per heavy atom.